The van der Waals surface area contributed by atoms with E-state index < -0.39 is 5.60 Å². The Balaban J connectivity index is 1.76. The van der Waals surface area contributed by atoms with Crippen molar-refractivity contribution >= 4 is 17.7 Å². The predicted octanol–water partition coefficient (Wildman–Crippen LogP) is 2.86. The lowest BCUT2D eigenvalue weighted by Gasteiger charge is -2.37. The van der Waals surface area contributed by atoms with Gasteiger partial charge in [0, 0.05) is 0 Å². The molecule has 2 aliphatic rings. The van der Waals surface area contributed by atoms with Gasteiger partial charge in [-0.1, -0.05) is 19.3 Å². The molecule has 1 unspecified atom stereocenters. The van der Waals surface area contributed by atoms with Crippen molar-refractivity contribution in [2.45, 2.75) is 50.0 Å². The minimum atomic E-state index is -0.710. The smallest absolute Gasteiger partial charge is 0.234 e. The van der Waals surface area contributed by atoms with Crippen LogP contribution in [-0.2, 0) is 4.79 Å². The lowest BCUT2D eigenvalue weighted by atomic mass is 9.84. The van der Waals surface area contributed by atoms with E-state index in [9.17, 15) is 9.90 Å². The Bertz CT molecular complexity index is 493. The first-order valence-corrected chi connectivity index (χ1v) is 8.32. The molecule has 0 aromatic carbocycles. The second-order valence-corrected chi connectivity index (χ2v) is 6.99. The van der Waals surface area contributed by atoms with Gasteiger partial charge in [0.05, 0.1) is 17.9 Å². The molecule has 2 heterocycles. The molecule has 0 radical (unpaired) electrons. The molecule has 0 spiro atoms. The molecule has 1 aromatic rings. The van der Waals surface area contributed by atoms with Crippen molar-refractivity contribution in [2.75, 3.05) is 12.3 Å². The first kappa shape index (κ1) is 14.0. The van der Waals surface area contributed by atoms with Crippen LogP contribution in [0.3, 0.4) is 0 Å². The first-order valence-electron chi connectivity index (χ1n) is 7.27. The van der Waals surface area contributed by atoms with E-state index in [0.29, 0.717) is 12.3 Å². The summed E-state index contributed by atoms with van der Waals surface area (Å²) < 4.78 is 5.67. The number of hydrogen-bond donors (Lipinski definition) is 1. The maximum atomic E-state index is 12.1. The van der Waals surface area contributed by atoms with E-state index in [1.807, 2.05) is 19.1 Å². The quantitative estimate of drug-likeness (QED) is 0.931. The highest BCUT2D eigenvalue weighted by molar-refractivity contribution is 8.00. The van der Waals surface area contributed by atoms with Gasteiger partial charge in [0.15, 0.2) is 0 Å². The summed E-state index contributed by atoms with van der Waals surface area (Å²) in [5, 5.41) is 10.6. The topological polar surface area (TPSA) is 53.7 Å². The van der Waals surface area contributed by atoms with Gasteiger partial charge in [-0.15, -0.1) is 11.8 Å². The molecule has 1 amide bonds. The normalized spacial score (nSPS) is 26.2. The van der Waals surface area contributed by atoms with Crippen LogP contribution in [0.4, 0.5) is 0 Å². The molecular formula is C15H21NO3S. The number of β-amino-alcohol motifs (C(OH)–C–C–N with tert-alkyl or cyclic N) is 1. The number of carbonyl (C=O) groups excluding carboxylic acids is 1. The SMILES string of the molecule is Cc1ccc(C2SCC(=O)N2CC2(O)CCCCC2)o1. The van der Waals surface area contributed by atoms with Gasteiger partial charge in [-0.25, -0.2) is 0 Å². The minimum absolute atomic E-state index is 0.0813. The van der Waals surface area contributed by atoms with Gasteiger partial charge in [-0.3, -0.25) is 4.79 Å². The molecule has 5 heteroatoms. The third-order valence-corrected chi connectivity index (χ3v) is 5.44. The Morgan fingerprint density at radius 1 is 1.40 bits per heavy atom. The van der Waals surface area contributed by atoms with Crippen LogP contribution < -0.4 is 0 Å². The van der Waals surface area contributed by atoms with E-state index in [1.54, 1.807) is 16.7 Å². The molecule has 1 atom stereocenters. The number of aliphatic hydroxyl groups is 1. The number of hydrogen-bond acceptors (Lipinski definition) is 4. The molecular weight excluding hydrogens is 274 g/mol. The fourth-order valence-electron chi connectivity index (χ4n) is 3.13. The van der Waals surface area contributed by atoms with Crippen LogP contribution >= 0.6 is 11.8 Å². The van der Waals surface area contributed by atoms with E-state index in [0.717, 1.165) is 37.2 Å². The van der Waals surface area contributed by atoms with Crippen molar-refractivity contribution in [2.24, 2.45) is 0 Å². The van der Waals surface area contributed by atoms with Crippen molar-refractivity contribution in [3.8, 4) is 0 Å². The Labute approximate surface area is 123 Å². The van der Waals surface area contributed by atoms with Crippen LogP contribution in [-0.4, -0.2) is 33.8 Å². The predicted molar refractivity (Wildman–Crippen MR) is 78.4 cm³/mol. The Hall–Kier alpha value is -0.940. The second kappa shape index (κ2) is 5.45. The fraction of sp³-hybridized carbons (Fsp3) is 0.667. The molecule has 1 saturated heterocycles. The number of rotatable bonds is 3. The second-order valence-electron chi connectivity index (χ2n) is 5.92. The summed E-state index contributed by atoms with van der Waals surface area (Å²) in [6.45, 7) is 2.34. The highest BCUT2D eigenvalue weighted by atomic mass is 32.2. The van der Waals surface area contributed by atoms with Crippen molar-refractivity contribution in [1.82, 2.24) is 4.90 Å². The molecule has 1 aliphatic carbocycles. The maximum Gasteiger partial charge on any atom is 0.234 e. The fourth-order valence-corrected chi connectivity index (χ4v) is 4.26. The number of aryl methyl sites for hydroxylation is 1. The van der Waals surface area contributed by atoms with Gasteiger partial charge in [0.2, 0.25) is 5.91 Å². The van der Waals surface area contributed by atoms with Crippen LogP contribution in [0.5, 0.6) is 0 Å². The summed E-state index contributed by atoms with van der Waals surface area (Å²) in [5.41, 5.74) is -0.710. The average Bonchev–Trinajstić information content (AvgIpc) is 2.98. The molecule has 4 nitrogen and oxygen atoms in total. The molecule has 0 bridgehead atoms. The molecule has 1 saturated carbocycles. The summed E-state index contributed by atoms with van der Waals surface area (Å²) in [5.74, 6) is 2.25. The minimum Gasteiger partial charge on any atom is -0.463 e. The van der Waals surface area contributed by atoms with Gasteiger partial charge in [-0.2, -0.15) is 0 Å². The van der Waals surface area contributed by atoms with Crippen LogP contribution in [0.2, 0.25) is 0 Å². The van der Waals surface area contributed by atoms with E-state index >= 15 is 0 Å². The number of carbonyl (C=O) groups is 1. The standard InChI is InChI=1S/C15H21NO3S/c1-11-5-6-12(19-11)14-16(13(17)9-20-14)10-15(18)7-3-2-4-8-15/h5-6,14,18H,2-4,7-10H2,1H3. The number of furan rings is 1. The number of thioether (sulfide) groups is 1. The molecule has 3 rings (SSSR count). The van der Waals surface area contributed by atoms with Crippen molar-refractivity contribution in [1.29, 1.82) is 0 Å². The summed E-state index contributed by atoms with van der Waals surface area (Å²) in [4.78, 5) is 13.9. The molecule has 1 aromatic heterocycles. The van der Waals surface area contributed by atoms with Crippen LogP contribution in [0, 0.1) is 6.92 Å². The Morgan fingerprint density at radius 3 is 2.80 bits per heavy atom. The molecule has 2 fully saturated rings. The van der Waals surface area contributed by atoms with Gasteiger partial charge in [-0.05, 0) is 31.9 Å². The Kier molecular flexibility index (Phi) is 3.82. The zero-order valence-electron chi connectivity index (χ0n) is 11.8. The van der Waals surface area contributed by atoms with Crippen molar-refractivity contribution in [3.63, 3.8) is 0 Å². The summed E-state index contributed by atoms with van der Waals surface area (Å²) in [6, 6.07) is 3.86. The molecule has 20 heavy (non-hydrogen) atoms. The third kappa shape index (κ3) is 2.74. The van der Waals surface area contributed by atoms with E-state index in [2.05, 4.69) is 0 Å². The molecule has 1 aliphatic heterocycles. The number of nitrogens with zero attached hydrogens (tertiary/aromatic N) is 1. The zero-order chi connectivity index (χ0) is 14.2. The first-order chi connectivity index (χ1) is 9.57. The lowest BCUT2D eigenvalue weighted by Crippen LogP contribution is -2.45. The number of amides is 1. The summed E-state index contributed by atoms with van der Waals surface area (Å²) in [6.07, 6.45) is 4.88. The largest absolute Gasteiger partial charge is 0.463 e. The van der Waals surface area contributed by atoms with Gasteiger partial charge >= 0.3 is 0 Å². The summed E-state index contributed by atoms with van der Waals surface area (Å²) >= 11 is 1.58. The van der Waals surface area contributed by atoms with Crippen molar-refractivity contribution in [3.05, 3.63) is 23.7 Å². The van der Waals surface area contributed by atoms with E-state index in [-0.39, 0.29) is 11.3 Å². The third-order valence-electron chi connectivity index (χ3n) is 4.22. The van der Waals surface area contributed by atoms with Gasteiger partial charge in [0.25, 0.3) is 0 Å². The van der Waals surface area contributed by atoms with Crippen LogP contribution in [0.25, 0.3) is 0 Å². The Morgan fingerprint density at radius 2 is 2.15 bits per heavy atom. The van der Waals surface area contributed by atoms with Crippen LogP contribution in [0.15, 0.2) is 16.5 Å². The molecule has 1 N–H and O–H groups in total. The van der Waals surface area contributed by atoms with Crippen molar-refractivity contribution < 1.29 is 14.3 Å². The van der Waals surface area contributed by atoms with Gasteiger partial charge in [0.1, 0.15) is 16.9 Å². The highest BCUT2D eigenvalue weighted by Crippen LogP contribution is 2.41. The highest BCUT2D eigenvalue weighted by Gasteiger charge is 2.40. The van der Waals surface area contributed by atoms with Gasteiger partial charge < -0.3 is 14.4 Å². The van der Waals surface area contributed by atoms with Crippen LogP contribution in [0.1, 0.15) is 49.0 Å². The molecule has 110 valence electrons. The average molecular weight is 295 g/mol. The lowest BCUT2D eigenvalue weighted by molar-refractivity contribution is -0.133. The van der Waals surface area contributed by atoms with E-state index in [4.69, 9.17) is 4.42 Å². The van der Waals surface area contributed by atoms with E-state index in [1.165, 1.54) is 6.42 Å². The monoisotopic (exact) mass is 295 g/mol. The zero-order valence-corrected chi connectivity index (χ0v) is 12.6. The maximum absolute atomic E-state index is 12.1. The summed E-state index contributed by atoms with van der Waals surface area (Å²) in [7, 11) is 0.